The quantitative estimate of drug-likeness (QED) is 0.790. The number of carbonyl (C=O) groups is 1. The molecule has 0 aliphatic heterocycles. The Morgan fingerprint density at radius 1 is 1.35 bits per heavy atom. The van der Waals surface area contributed by atoms with Gasteiger partial charge in [-0.25, -0.2) is 0 Å². The Bertz CT molecular complexity index is 386. The van der Waals surface area contributed by atoms with Gasteiger partial charge in [0.2, 0.25) is 5.91 Å². The van der Waals surface area contributed by atoms with Crippen molar-refractivity contribution in [1.29, 1.82) is 0 Å². The number of rotatable bonds is 6. The van der Waals surface area contributed by atoms with Gasteiger partial charge in [0, 0.05) is 24.7 Å². The van der Waals surface area contributed by atoms with Crippen molar-refractivity contribution in [1.82, 2.24) is 5.32 Å². The van der Waals surface area contributed by atoms with Crippen LogP contribution in [0.2, 0.25) is 0 Å². The third-order valence-corrected chi connectivity index (χ3v) is 3.03. The van der Waals surface area contributed by atoms with Gasteiger partial charge in [-0.3, -0.25) is 4.79 Å². The van der Waals surface area contributed by atoms with Gasteiger partial charge in [0.1, 0.15) is 0 Å². The van der Waals surface area contributed by atoms with E-state index in [0.717, 1.165) is 18.7 Å². The van der Waals surface area contributed by atoms with Crippen LogP contribution in [-0.4, -0.2) is 18.5 Å². The number of hydrogen-bond donors (Lipinski definition) is 2. The highest BCUT2D eigenvalue weighted by Crippen LogP contribution is 2.18. The largest absolute Gasteiger partial charge is 0.326 e. The number of aryl methyl sites for hydroxylation is 1. The van der Waals surface area contributed by atoms with Crippen LogP contribution in [0.1, 0.15) is 31.7 Å². The van der Waals surface area contributed by atoms with Crippen molar-refractivity contribution in [2.24, 2.45) is 0 Å². The van der Waals surface area contributed by atoms with Crippen LogP contribution >= 0.6 is 0 Å². The Morgan fingerprint density at radius 3 is 2.82 bits per heavy atom. The molecule has 3 heteroatoms. The van der Waals surface area contributed by atoms with E-state index in [-0.39, 0.29) is 5.91 Å². The first-order valence-electron chi connectivity index (χ1n) is 6.40. The van der Waals surface area contributed by atoms with Crippen molar-refractivity contribution in [2.45, 2.75) is 38.6 Å². The van der Waals surface area contributed by atoms with E-state index in [1.54, 1.807) is 0 Å². The van der Waals surface area contributed by atoms with E-state index in [0.29, 0.717) is 12.5 Å². The van der Waals surface area contributed by atoms with Crippen LogP contribution in [0.3, 0.4) is 0 Å². The van der Waals surface area contributed by atoms with Gasteiger partial charge < -0.3 is 10.6 Å². The summed E-state index contributed by atoms with van der Waals surface area (Å²) < 4.78 is 0. The van der Waals surface area contributed by atoms with Crippen LogP contribution < -0.4 is 10.6 Å². The number of para-hydroxylation sites is 1. The fourth-order valence-corrected chi connectivity index (χ4v) is 1.84. The van der Waals surface area contributed by atoms with Gasteiger partial charge in [-0.15, -0.1) is 0 Å². The molecule has 0 bridgehead atoms. The average Bonchev–Trinajstić information content (AvgIpc) is 3.14. The SMILES string of the molecule is CCc1ccccc1NC(=O)CCNC1CC1. The third-order valence-electron chi connectivity index (χ3n) is 3.03. The van der Waals surface area contributed by atoms with E-state index in [9.17, 15) is 4.79 Å². The Kier molecular flexibility index (Phi) is 4.15. The molecule has 2 N–H and O–H groups in total. The molecule has 0 heterocycles. The molecule has 17 heavy (non-hydrogen) atoms. The van der Waals surface area contributed by atoms with Crippen molar-refractivity contribution in [3.05, 3.63) is 29.8 Å². The minimum absolute atomic E-state index is 0.0963. The molecule has 2 rings (SSSR count). The molecule has 1 aromatic carbocycles. The van der Waals surface area contributed by atoms with Crippen LogP contribution in [0.5, 0.6) is 0 Å². The van der Waals surface area contributed by atoms with E-state index in [4.69, 9.17) is 0 Å². The summed E-state index contributed by atoms with van der Waals surface area (Å²) in [5.74, 6) is 0.0963. The van der Waals surface area contributed by atoms with Gasteiger partial charge in [0.25, 0.3) is 0 Å². The molecule has 0 saturated heterocycles. The van der Waals surface area contributed by atoms with E-state index in [1.165, 1.54) is 18.4 Å². The second-order valence-corrected chi connectivity index (χ2v) is 4.54. The lowest BCUT2D eigenvalue weighted by atomic mass is 10.1. The molecule has 0 unspecified atom stereocenters. The minimum atomic E-state index is 0.0963. The van der Waals surface area contributed by atoms with Crippen LogP contribution in [0, 0.1) is 0 Å². The number of anilines is 1. The van der Waals surface area contributed by atoms with Crippen LogP contribution in [-0.2, 0) is 11.2 Å². The molecular weight excluding hydrogens is 212 g/mol. The predicted molar refractivity (Wildman–Crippen MR) is 70.1 cm³/mol. The Hall–Kier alpha value is -1.35. The summed E-state index contributed by atoms with van der Waals surface area (Å²) >= 11 is 0. The van der Waals surface area contributed by atoms with Gasteiger partial charge in [-0.2, -0.15) is 0 Å². The second-order valence-electron chi connectivity index (χ2n) is 4.54. The molecule has 1 aliphatic carbocycles. The molecule has 1 aliphatic rings. The summed E-state index contributed by atoms with van der Waals surface area (Å²) in [6, 6.07) is 8.65. The smallest absolute Gasteiger partial charge is 0.225 e. The molecule has 1 aromatic rings. The molecule has 0 aromatic heterocycles. The highest BCUT2D eigenvalue weighted by molar-refractivity contribution is 5.91. The van der Waals surface area contributed by atoms with Crippen molar-refractivity contribution in [3.63, 3.8) is 0 Å². The summed E-state index contributed by atoms with van der Waals surface area (Å²) in [5, 5.41) is 6.32. The maximum Gasteiger partial charge on any atom is 0.225 e. The summed E-state index contributed by atoms with van der Waals surface area (Å²) in [5.41, 5.74) is 2.14. The molecule has 0 spiro atoms. The van der Waals surface area contributed by atoms with E-state index >= 15 is 0 Å². The Morgan fingerprint density at radius 2 is 2.12 bits per heavy atom. The molecular formula is C14H20N2O. The lowest BCUT2D eigenvalue weighted by Crippen LogP contribution is -2.23. The lowest BCUT2D eigenvalue weighted by molar-refractivity contribution is -0.116. The first-order valence-corrected chi connectivity index (χ1v) is 6.40. The number of amides is 1. The number of hydrogen-bond acceptors (Lipinski definition) is 2. The first kappa shape index (κ1) is 12.1. The molecule has 1 amide bonds. The highest BCUT2D eigenvalue weighted by atomic mass is 16.1. The van der Waals surface area contributed by atoms with Gasteiger partial charge >= 0.3 is 0 Å². The molecule has 1 fully saturated rings. The van der Waals surface area contributed by atoms with Crippen LogP contribution in [0.4, 0.5) is 5.69 Å². The Labute approximate surface area is 103 Å². The van der Waals surface area contributed by atoms with Crippen LogP contribution in [0.25, 0.3) is 0 Å². The number of nitrogens with one attached hydrogen (secondary N) is 2. The van der Waals surface area contributed by atoms with Gasteiger partial charge in [0.05, 0.1) is 0 Å². The fourth-order valence-electron chi connectivity index (χ4n) is 1.84. The summed E-state index contributed by atoms with van der Waals surface area (Å²) in [7, 11) is 0. The molecule has 1 saturated carbocycles. The normalized spacial score (nSPS) is 14.6. The van der Waals surface area contributed by atoms with Gasteiger partial charge in [-0.05, 0) is 30.9 Å². The third kappa shape index (κ3) is 3.86. The van der Waals surface area contributed by atoms with Crippen molar-refractivity contribution in [2.75, 3.05) is 11.9 Å². The summed E-state index contributed by atoms with van der Waals surface area (Å²) in [4.78, 5) is 11.7. The van der Waals surface area contributed by atoms with Crippen LogP contribution in [0.15, 0.2) is 24.3 Å². The summed E-state index contributed by atoms with van der Waals surface area (Å²) in [6.45, 7) is 2.88. The van der Waals surface area contributed by atoms with Gasteiger partial charge in [-0.1, -0.05) is 25.1 Å². The number of carbonyl (C=O) groups excluding carboxylic acids is 1. The van der Waals surface area contributed by atoms with E-state index in [2.05, 4.69) is 23.6 Å². The standard InChI is InChI=1S/C14H20N2O/c1-2-11-5-3-4-6-13(11)16-14(17)9-10-15-12-7-8-12/h3-6,12,15H,2,7-10H2,1H3,(H,16,17). The monoisotopic (exact) mass is 232 g/mol. The van der Waals surface area contributed by atoms with Crippen molar-refractivity contribution >= 4 is 11.6 Å². The molecule has 92 valence electrons. The van der Waals surface area contributed by atoms with E-state index < -0.39 is 0 Å². The molecule has 0 radical (unpaired) electrons. The van der Waals surface area contributed by atoms with E-state index in [1.807, 2.05) is 18.2 Å². The topological polar surface area (TPSA) is 41.1 Å². The van der Waals surface area contributed by atoms with Crippen molar-refractivity contribution < 1.29 is 4.79 Å². The summed E-state index contributed by atoms with van der Waals surface area (Å²) in [6.07, 6.45) is 4.02. The Balaban J connectivity index is 1.79. The predicted octanol–water partition coefficient (Wildman–Crippen LogP) is 2.33. The second kappa shape index (κ2) is 5.82. The fraction of sp³-hybridized carbons (Fsp3) is 0.500. The average molecular weight is 232 g/mol. The van der Waals surface area contributed by atoms with Crippen molar-refractivity contribution in [3.8, 4) is 0 Å². The molecule has 0 atom stereocenters. The first-order chi connectivity index (χ1) is 8.29. The lowest BCUT2D eigenvalue weighted by Gasteiger charge is -2.09. The molecule has 3 nitrogen and oxygen atoms in total. The maximum absolute atomic E-state index is 11.7. The zero-order chi connectivity index (χ0) is 12.1. The highest BCUT2D eigenvalue weighted by Gasteiger charge is 2.20. The minimum Gasteiger partial charge on any atom is -0.326 e. The zero-order valence-corrected chi connectivity index (χ0v) is 10.3. The number of benzene rings is 1. The maximum atomic E-state index is 11.7. The van der Waals surface area contributed by atoms with Gasteiger partial charge in [0.15, 0.2) is 0 Å². The zero-order valence-electron chi connectivity index (χ0n) is 10.3.